The second kappa shape index (κ2) is 76.0. The lowest BCUT2D eigenvalue weighted by Gasteiger charge is -2.26. The first-order chi connectivity index (χ1) is 46.2. The van der Waals surface area contributed by atoms with E-state index in [1.165, 1.54) is 250 Å². The maximum atomic E-state index is 13.4. The van der Waals surface area contributed by atoms with Crippen molar-refractivity contribution < 1.29 is 24.0 Å². The molecular formula is C81H162N8O5. The number of unbranched alkanes of at least 4 members (excludes halogenated alkanes) is 45. The Hall–Kier alpha value is -2.77. The second-order valence-corrected chi connectivity index (χ2v) is 28.6. The van der Waals surface area contributed by atoms with Crippen LogP contribution in [0.15, 0.2) is 0 Å². The Kier molecular flexibility index (Phi) is 73.8. The van der Waals surface area contributed by atoms with Gasteiger partial charge in [0.05, 0.1) is 0 Å². The van der Waals surface area contributed by atoms with Gasteiger partial charge in [-0.2, -0.15) is 0 Å². The summed E-state index contributed by atoms with van der Waals surface area (Å²) in [5.74, 6) is 0.480. The number of amides is 5. The van der Waals surface area contributed by atoms with E-state index in [9.17, 15) is 24.0 Å². The summed E-state index contributed by atoms with van der Waals surface area (Å²) in [5.41, 5.74) is 0. The molecule has 94 heavy (non-hydrogen) atoms. The first kappa shape index (κ1) is 91.2. The third kappa shape index (κ3) is 70.5. The minimum atomic E-state index is 0.0883. The number of rotatable bonds is 78. The minimum absolute atomic E-state index is 0.0883. The van der Waals surface area contributed by atoms with Gasteiger partial charge in [0.2, 0.25) is 29.5 Å². The quantitative estimate of drug-likeness (QED) is 0.0377. The van der Waals surface area contributed by atoms with Gasteiger partial charge in [0.1, 0.15) is 0 Å². The van der Waals surface area contributed by atoms with E-state index in [0.29, 0.717) is 64.8 Å². The highest BCUT2D eigenvalue weighted by Crippen LogP contribution is 2.16. The molecule has 5 amide bonds. The molecule has 0 atom stereocenters. The largest absolute Gasteiger partial charge is 0.356 e. The van der Waals surface area contributed by atoms with Crippen molar-refractivity contribution in [2.45, 2.75) is 401 Å². The molecule has 0 aliphatic rings. The first-order valence-electron chi connectivity index (χ1n) is 41.7. The minimum Gasteiger partial charge on any atom is -0.356 e. The molecule has 0 rings (SSSR count). The molecule has 0 radical (unpaired) electrons. The van der Waals surface area contributed by atoms with E-state index in [-0.39, 0.29) is 29.5 Å². The van der Waals surface area contributed by atoms with Gasteiger partial charge in [-0.05, 0) is 77.5 Å². The summed E-state index contributed by atoms with van der Waals surface area (Å²) in [6, 6.07) is 0. The standard InChI is InChI=1S/C81H162N8O5/c1-6-11-16-21-26-31-36-41-46-51-64-83-78(91)59-73-88(74-60-79(92)84-65-52-47-42-37-32-27-22-17-12-7-2)69-56-55-68-87(72-58-77(90)82-63-50-45-40-35-30-25-20-15-10-5)70-57-71-89(75-61-80(93)85-66-53-48-43-38-33-28-23-18-13-8-3)76-62-81(94)86-67-54-49-44-39-34-29-24-19-14-9-4/h6-76H2,1-5H3,(H,82,90)(H,83,91)(H,84,92)(H,85,93)(H,86,94). The lowest BCUT2D eigenvalue weighted by Crippen LogP contribution is -2.37. The van der Waals surface area contributed by atoms with Crippen LogP contribution in [0.25, 0.3) is 0 Å². The Morgan fingerprint density at radius 3 is 0.479 bits per heavy atom. The van der Waals surface area contributed by atoms with Crippen molar-refractivity contribution in [3.63, 3.8) is 0 Å². The van der Waals surface area contributed by atoms with Gasteiger partial charge in [-0.15, -0.1) is 0 Å². The Bertz CT molecular complexity index is 1540. The molecule has 0 bridgehead atoms. The second-order valence-electron chi connectivity index (χ2n) is 28.6. The third-order valence-electron chi connectivity index (χ3n) is 19.4. The van der Waals surface area contributed by atoms with Crippen LogP contribution in [0.2, 0.25) is 0 Å². The molecule has 5 N–H and O–H groups in total. The summed E-state index contributed by atoms with van der Waals surface area (Å²) < 4.78 is 0. The van der Waals surface area contributed by atoms with Crippen molar-refractivity contribution in [2.75, 3.05) is 91.6 Å². The van der Waals surface area contributed by atoms with Crippen LogP contribution < -0.4 is 26.6 Å². The van der Waals surface area contributed by atoms with E-state index in [4.69, 9.17) is 0 Å². The zero-order valence-electron chi connectivity index (χ0n) is 63.6. The molecule has 0 aromatic rings. The van der Waals surface area contributed by atoms with Crippen LogP contribution in [0.3, 0.4) is 0 Å². The van der Waals surface area contributed by atoms with Crippen molar-refractivity contribution >= 4 is 29.5 Å². The molecule has 0 aliphatic heterocycles. The van der Waals surface area contributed by atoms with Crippen molar-refractivity contribution in [2.24, 2.45) is 0 Å². The fourth-order valence-electron chi connectivity index (χ4n) is 13.0. The number of nitrogens with one attached hydrogen (secondary N) is 5. The topological polar surface area (TPSA) is 155 Å². The number of nitrogens with zero attached hydrogens (tertiary/aromatic N) is 3. The summed E-state index contributed by atoms with van der Waals surface area (Å²) in [6.45, 7) is 21.4. The SMILES string of the molecule is CCCCCCCCCCCCNC(=O)CCN(CCCCN(CCCN(CCC(=O)NCCCCCCCCCCCC)CCC(=O)NCCCCCCCCCCCC)CCC(=O)NCCCCCCCCCCC)CCC(=O)NCCCCCCCCCCCC. The van der Waals surface area contributed by atoms with Crippen LogP contribution in [0.4, 0.5) is 0 Å². The molecule has 0 saturated heterocycles. The van der Waals surface area contributed by atoms with Gasteiger partial charge in [0, 0.05) is 97.6 Å². The molecule has 0 fully saturated rings. The lowest BCUT2D eigenvalue weighted by molar-refractivity contribution is -0.123. The summed E-state index contributed by atoms with van der Waals surface area (Å²) in [4.78, 5) is 73.4. The maximum Gasteiger partial charge on any atom is 0.221 e. The summed E-state index contributed by atoms with van der Waals surface area (Å²) >= 11 is 0. The third-order valence-corrected chi connectivity index (χ3v) is 19.4. The zero-order chi connectivity index (χ0) is 68.4. The van der Waals surface area contributed by atoms with Gasteiger partial charge in [-0.25, -0.2) is 0 Å². The number of hydrogen-bond donors (Lipinski definition) is 5. The van der Waals surface area contributed by atoms with E-state index in [2.05, 4.69) is 75.9 Å². The fourth-order valence-corrected chi connectivity index (χ4v) is 13.0. The molecule has 0 aromatic carbocycles. The molecule has 13 nitrogen and oxygen atoms in total. The number of carbonyl (C=O) groups excluding carboxylic acids is 5. The molecule has 556 valence electrons. The molecule has 0 aliphatic carbocycles. The Labute approximate surface area is 584 Å². The predicted octanol–water partition coefficient (Wildman–Crippen LogP) is 19.8. The smallest absolute Gasteiger partial charge is 0.221 e. The van der Waals surface area contributed by atoms with E-state index in [1.807, 2.05) is 0 Å². The average molecular weight is 1330 g/mol. The highest BCUT2D eigenvalue weighted by molar-refractivity contribution is 5.77. The molecule has 0 spiro atoms. The van der Waals surface area contributed by atoms with E-state index >= 15 is 0 Å². The molecule has 0 heterocycles. The number of hydrogen-bond acceptors (Lipinski definition) is 8. The highest BCUT2D eigenvalue weighted by atomic mass is 16.2. The van der Waals surface area contributed by atoms with Crippen molar-refractivity contribution in [1.82, 2.24) is 41.3 Å². The van der Waals surface area contributed by atoms with Crippen LogP contribution >= 0.6 is 0 Å². The summed E-state index contributed by atoms with van der Waals surface area (Å²) in [6.07, 6.45) is 67.0. The average Bonchev–Trinajstić information content (AvgIpc) is 3.74. The molecule has 0 unspecified atom stereocenters. The van der Waals surface area contributed by atoms with Gasteiger partial charge in [-0.3, -0.25) is 24.0 Å². The Morgan fingerprint density at radius 1 is 0.170 bits per heavy atom. The van der Waals surface area contributed by atoms with Gasteiger partial charge in [0.15, 0.2) is 0 Å². The monoisotopic (exact) mass is 1330 g/mol. The van der Waals surface area contributed by atoms with Gasteiger partial charge in [0.25, 0.3) is 0 Å². The van der Waals surface area contributed by atoms with E-state index < -0.39 is 0 Å². The summed E-state index contributed by atoms with van der Waals surface area (Å²) in [7, 11) is 0. The van der Waals surface area contributed by atoms with Gasteiger partial charge < -0.3 is 41.3 Å². The van der Waals surface area contributed by atoms with Crippen LogP contribution in [0.5, 0.6) is 0 Å². The van der Waals surface area contributed by atoms with Crippen molar-refractivity contribution in [1.29, 1.82) is 0 Å². The molecular weight excluding hydrogens is 1160 g/mol. The zero-order valence-corrected chi connectivity index (χ0v) is 63.6. The van der Waals surface area contributed by atoms with Crippen LogP contribution in [-0.4, -0.2) is 136 Å². The molecule has 0 saturated carbocycles. The molecule has 0 aromatic heterocycles. The predicted molar refractivity (Wildman–Crippen MR) is 406 cm³/mol. The van der Waals surface area contributed by atoms with Crippen molar-refractivity contribution in [3.8, 4) is 0 Å². The van der Waals surface area contributed by atoms with Gasteiger partial charge in [-0.1, -0.05) is 317 Å². The van der Waals surface area contributed by atoms with Crippen LogP contribution in [-0.2, 0) is 24.0 Å². The van der Waals surface area contributed by atoms with Crippen molar-refractivity contribution in [3.05, 3.63) is 0 Å². The Morgan fingerprint density at radius 2 is 0.309 bits per heavy atom. The highest BCUT2D eigenvalue weighted by Gasteiger charge is 2.16. The van der Waals surface area contributed by atoms with Crippen LogP contribution in [0.1, 0.15) is 401 Å². The molecule has 13 heteroatoms. The number of carbonyl (C=O) groups is 5. The maximum absolute atomic E-state index is 13.4. The van der Waals surface area contributed by atoms with Crippen LogP contribution in [0, 0.1) is 0 Å². The lowest BCUT2D eigenvalue weighted by atomic mass is 10.1. The fraction of sp³-hybridized carbons (Fsp3) is 0.938. The van der Waals surface area contributed by atoms with E-state index in [0.717, 1.165) is 142 Å². The van der Waals surface area contributed by atoms with E-state index in [1.54, 1.807) is 0 Å². The first-order valence-corrected chi connectivity index (χ1v) is 41.7. The summed E-state index contributed by atoms with van der Waals surface area (Å²) in [5, 5.41) is 16.0. The van der Waals surface area contributed by atoms with Gasteiger partial charge >= 0.3 is 0 Å². The normalized spacial score (nSPS) is 11.6. The Balaban J connectivity index is 5.82.